The molecule has 1 aromatic carbocycles. The molecule has 0 aromatic heterocycles. The minimum atomic E-state index is -4.12. The van der Waals surface area contributed by atoms with E-state index < -0.39 is 12.7 Å². The first-order valence-electron chi connectivity index (χ1n) is 8.95. The molecular formula is C18H27F3N4S. The molecule has 26 heavy (non-hydrogen) atoms. The van der Waals surface area contributed by atoms with E-state index in [1.165, 1.54) is 9.80 Å². The van der Waals surface area contributed by atoms with E-state index in [1.807, 2.05) is 25.1 Å². The van der Waals surface area contributed by atoms with E-state index in [1.54, 1.807) is 11.8 Å². The van der Waals surface area contributed by atoms with Crippen LogP contribution in [0.2, 0.25) is 0 Å². The molecule has 1 atom stereocenters. The van der Waals surface area contributed by atoms with Gasteiger partial charge in [0.25, 0.3) is 0 Å². The highest BCUT2D eigenvalue weighted by Gasteiger charge is 2.34. The monoisotopic (exact) mass is 388 g/mol. The van der Waals surface area contributed by atoms with Crippen LogP contribution in [0.1, 0.15) is 13.3 Å². The summed E-state index contributed by atoms with van der Waals surface area (Å²) in [7, 11) is 0. The second-order valence-corrected chi connectivity index (χ2v) is 7.48. The molecule has 146 valence electrons. The normalized spacial score (nSPS) is 18.9. The number of benzene rings is 1. The molecule has 1 fully saturated rings. The zero-order valence-corrected chi connectivity index (χ0v) is 15.9. The number of guanidine groups is 1. The zero-order chi connectivity index (χ0) is 18.8. The van der Waals surface area contributed by atoms with Gasteiger partial charge in [-0.05, 0) is 37.9 Å². The lowest BCUT2D eigenvalue weighted by Crippen LogP contribution is -2.39. The smallest absolute Gasteiger partial charge is 0.357 e. The second kappa shape index (κ2) is 10.7. The first-order chi connectivity index (χ1) is 12.5. The number of halogens is 3. The number of aliphatic imine (C=N–C) groups is 1. The van der Waals surface area contributed by atoms with E-state index in [-0.39, 0.29) is 5.92 Å². The summed E-state index contributed by atoms with van der Waals surface area (Å²) in [5.74, 6) is 1.83. The van der Waals surface area contributed by atoms with Crippen LogP contribution in [-0.2, 0) is 0 Å². The summed E-state index contributed by atoms with van der Waals surface area (Å²) < 4.78 is 37.4. The lowest BCUT2D eigenvalue weighted by atomic mass is 10.1. The Labute approximate surface area is 157 Å². The van der Waals surface area contributed by atoms with Crippen molar-refractivity contribution in [2.45, 2.75) is 24.4 Å². The van der Waals surface area contributed by atoms with Gasteiger partial charge in [0, 0.05) is 36.8 Å². The third-order valence-corrected chi connectivity index (χ3v) is 5.04. The van der Waals surface area contributed by atoms with Crippen LogP contribution < -0.4 is 10.6 Å². The first-order valence-corrected chi connectivity index (χ1v) is 9.94. The summed E-state index contributed by atoms with van der Waals surface area (Å²) in [5.41, 5.74) is 0. The van der Waals surface area contributed by atoms with Gasteiger partial charge in [0.05, 0.1) is 6.54 Å². The zero-order valence-electron chi connectivity index (χ0n) is 15.1. The standard InChI is InChI=1S/C18H27F3N4S/c1-2-22-17(23-9-11-26-16-6-4-3-5-7-16)24-12-15-8-10-25(13-15)14-18(19,20)21/h3-7,15H,2,8-14H2,1H3,(H2,22,23,24). The van der Waals surface area contributed by atoms with Gasteiger partial charge >= 0.3 is 6.18 Å². The van der Waals surface area contributed by atoms with Crippen molar-refractivity contribution in [1.82, 2.24) is 15.5 Å². The molecule has 0 bridgehead atoms. The first kappa shape index (κ1) is 20.9. The van der Waals surface area contributed by atoms with Crippen LogP contribution in [0, 0.1) is 5.92 Å². The quantitative estimate of drug-likeness (QED) is 0.311. The molecule has 0 spiro atoms. The summed E-state index contributed by atoms with van der Waals surface area (Å²) in [5, 5.41) is 6.48. The maximum Gasteiger partial charge on any atom is 0.401 e. The SMILES string of the molecule is CCNC(=NCC1CCN(CC(F)(F)F)C1)NCCSc1ccccc1. The molecule has 2 rings (SSSR count). The molecular weight excluding hydrogens is 361 g/mol. The minimum absolute atomic E-state index is 0.187. The van der Waals surface area contributed by atoms with Crippen molar-refractivity contribution in [2.75, 3.05) is 45.0 Å². The molecule has 0 aliphatic carbocycles. The fraction of sp³-hybridized carbons (Fsp3) is 0.611. The largest absolute Gasteiger partial charge is 0.401 e. The molecule has 0 saturated carbocycles. The van der Waals surface area contributed by atoms with Gasteiger partial charge in [0.2, 0.25) is 0 Å². The van der Waals surface area contributed by atoms with Gasteiger partial charge < -0.3 is 10.6 Å². The number of nitrogens with zero attached hydrogens (tertiary/aromatic N) is 2. The van der Waals surface area contributed by atoms with Gasteiger partial charge in [-0.2, -0.15) is 13.2 Å². The van der Waals surface area contributed by atoms with Crippen molar-refractivity contribution < 1.29 is 13.2 Å². The van der Waals surface area contributed by atoms with Gasteiger partial charge in [-0.25, -0.2) is 0 Å². The molecule has 8 heteroatoms. The number of thioether (sulfide) groups is 1. The van der Waals surface area contributed by atoms with Crippen LogP contribution in [0.5, 0.6) is 0 Å². The van der Waals surface area contributed by atoms with Gasteiger partial charge in [-0.1, -0.05) is 18.2 Å². The van der Waals surface area contributed by atoms with Crippen molar-refractivity contribution >= 4 is 17.7 Å². The number of nitrogens with one attached hydrogen (secondary N) is 2. The van der Waals surface area contributed by atoms with E-state index in [0.717, 1.165) is 31.2 Å². The maximum absolute atomic E-state index is 12.5. The molecule has 0 amide bonds. The fourth-order valence-corrected chi connectivity index (χ4v) is 3.67. The molecule has 1 saturated heterocycles. The topological polar surface area (TPSA) is 39.7 Å². The Morgan fingerprint density at radius 2 is 2.04 bits per heavy atom. The number of alkyl halides is 3. The van der Waals surface area contributed by atoms with Crippen molar-refractivity contribution in [3.63, 3.8) is 0 Å². The fourth-order valence-electron chi connectivity index (χ4n) is 2.88. The van der Waals surface area contributed by atoms with E-state index >= 15 is 0 Å². The van der Waals surface area contributed by atoms with Crippen molar-refractivity contribution in [1.29, 1.82) is 0 Å². The summed E-state index contributed by atoms with van der Waals surface area (Å²) in [4.78, 5) is 7.25. The number of hydrogen-bond donors (Lipinski definition) is 2. The Morgan fingerprint density at radius 1 is 1.27 bits per heavy atom. The third kappa shape index (κ3) is 8.31. The summed E-state index contributed by atoms with van der Waals surface area (Å²) in [6.45, 7) is 4.22. The third-order valence-electron chi connectivity index (χ3n) is 4.03. The van der Waals surface area contributed by atoms with Crippen LogP contribution >= 0.6 is 11.8 Å². The van der Waals surface area contributed by atoms with Gasteiger partial charge in [0.15, 0.2) is 5.96 Å². The summed E-state index contributed by atoms with van der Waals surface area (Å²) in [6.07, 6.45) is -3.35. The summed E-state index contributed by atoms with van der Waals surface area (Å²) >= 11 is 1.77. The summed E-state index contributed by atoms with van der Waals surface area (Å²) in [6, 6.07) is 10.2. The Balaban J connectivity index is 1.71. The predicted octanol–water partition coefficient (Wildman–Crippen LogP) is 3.22. The number of likely N-dealkylation sites (tertiary alicyclic amines) is 1. The van der Waals surface area contributed by atoms with Gasteiger partial charge in [0.1, 0.15) is 0 Å². The van der Waals surface area contributed by atoms with E-state index in [9.17, 15) is 13.2 Å². The van der Waals surface area contributed by atoms with Crippen molar-refractivity contribution in [3.8, 4) is 0 Å². The molecule has 1 aliphatic rings. The van der Waals surface area contributed by atoms with Crippen LogP contribution in [0.4, 0.5) is 13.2 Å². The molecule has 2 N–H and O–H groups in total. The van der Waals surface area contributed by atoms with E-state index in [2.05, 4.69) is 27.8 Å². The van der Waals surface area contributed by atoms with E-state index in [0.29, 0.717) is 19.6 Å². The minimum Gasteiger partial charge on any atom is -0.357 e. The predicted molar refractivity (Wildman–Crippen MR) is 102 cm³/mol. The van der Waals surface area contributed by atoms with Gasteiger partial charge in [-0.3, -0.25) is 9.89 Å². The Bertz CT molecular complexity index is 551. The lowest BCUT2D eigenvalue weighted by molar-refractivity contribution is -0.143. The Morgan fingerprint density at radius 3 is 2.73 bits per heavy atom. The van der Waals surface area contributed by atoms with E-state index in [4.69, 9.17) is 0 Å². The highest BCUT2D eigenvalue weighted by Crippen LogP contribution is 2.22. The highest BCUT2D eigenvalue weighted by molar-refractivity contribution is 7.99. The van der Waals surface area contributed by atoms with Crippen molar-refractivity contribution in [3.05, 3.63) is 30.3 Å². The molecule has 1 unspecified atom stereocenters. The molecule has 4 nitrogen and oxygen atoms in total. The number of rotatable bonds is 8. The van der Waals surface area contributed by atoms with Crippen LogP contribution in [0.3, 0.4) is 0 Å². The maximum atomic E-state index is 12.5. The van der Waals surface area contributed by atoms with Crippen molar-refractivity contribution in [2.24, 2.45) is 10.9 Å². The molecule has 1 aromatic rings. The second-order valence-electron chi connectivity index (χ2n) is 6.31. The average molecular weight is 389 g/mol. The number of hydrogen-bond acceptors (Lipinski definition) is 3. The molecule has 1 aliphatic heterocycles. The van der Waals surface area contributed by atoms with Gasteiger partial charge in [-0.15, -0.1) is 11.8 Å². The molecule has 1 heterocycles. The van der Waals surface area contributed by atoms with Crippen LogP contribution in [0.25, 0.3) is 0 Å². The van der Waals surface area contributed by atoms with Crippen LogP contribution in [0.15, 0.2) is 40.2 Å². The molecule has 0 radical (unpaired) electrons. The van der Waals surface area contributed by atoms with Crippen LogP contribution in [-0.4, -0.2) is 62.1 Å². The Hall–Kier alpha value is -1.41. The average Bonchev–Trinajstić information content (AvgIpc) is 3.02. The Kier molecular flexibility index (Phi) is 8.58. The highest BCUT2D eigenvalue weighted by atomic mass is 32.2. The lowest BCUT2D eigenvalue weighted by Gasteiger charge is -2.17.